The van der Waals surface area contributed by atoms with Crippen LogP contribution in [0.25, 0.3) is 10.4 Å². The van der Waals surface area contributed by atoms with Gasteiger partial charge in [0, 0.05) is 58.4 Å². The van der Waals surface area contributed by atoms with Gasteiger partial charge in [0.15, 0.2) is 0 Å². The Morgan fingerprint density at radius 2 is 1.75 bits per heavy atom. The van der Waals surface area contributed by atoms with Crippen LogP contribution in [0.15, 0.2) is 29.9 Å². The Hall–Kier alpha value is -4.89. The van der Waals surface area contributed by atoms with Gasteiger partial charge in [0.25, 0.3) is 5.91 Å². The van der Waals surface area contributed by atoms with Gasteiger partial charge in [-0.1, -0.05) is 31.5 Å². The molecule has 3 aliphatic heterocycles. The zero-order chi connectivity index (χ0) is 50.5. The molecule has 1 unspecified atom stereocenters. The molecule has 22 heteroatoms. The number of thiazole rings is 1. The van der Waals surface area contributed by atoms with Crippen molar-refractivity contribution in [1.29, 1.82) is 0 Å². The molecule has 1 aromatic carbocycles. The molecule has 6 rings (SSSR count). The SMILES string of the molecule is CC(C)C[C@@H]1NC(=O)[C@@H](N(C)C(=O)[C@@H](NC(=O)[C@@H]2C[C@@H](F)CN2C(=O)C2(C(F)(F)F)CCCCO2)C2CC2)CCCCN(C)C(=O)[C@@H](C)NC(=O)[C@H](Cc2cc(Cl)ccc2-c2cncs2)N(C)C1=O. The molecular formula is C47H63ClF4N8O8S. The van der Waals surface area contributed by atoms with E-state index in [4.69, 9.17) is 16.3 Å². The fourth-order valence-electron chi connectivity index (χ4n) is 9.52. The van der Waals surface area contributed by atoms with E-state index >= 15 is 4.39 Å². The van der Waals surface area contributed by atoms with Crippen molar-refractivity contribution in [3.63, 3.8) is 0 Å². The lowest BCUT2D eigenvalue weighted by molar-refractivity contribution is -0.281. The molecule has 0 radical (unpaired) electrons. The van der Waals surface area contributed by atoms with Crippen molar-refractivity contribution in [2.45, 2.75) is 146 Å². The van der Waals surface area contributed by atoms with Gasteiger partial charge in [-0.15, -0.1) is 11.3 Å². The molecular weight excluding hydrogens is 948 g/mol. The van der Waals surface area contributed by atoms with Crippen LogP contribution in [0.1, 0.15) is 90.5 Å². The number of carbonyl (C=O) groups is 7. The minimum Gasteiger partial charge on any atom is -0.357 e. The summed E-state index contributed by atoms with van der Waals surface area (Å²) in [5, 5.41) is 8.69. The molecule has 1 aliphatic carbocycles. The van der Waals surface area contributed by atoms with E-state index < -0.39 is 121 Å². The summed E-state index contributed by atoms with van der Waals surface area (Å²) in [5.74, 6) is -6.22. The highest BCUT2D eigenvalue weighted by molar-refractivity contribution is 7.13. The monoisotopic (exact) mass is 1010 g/mol. The van der Waals surface area contributed by atoms with Crippen LogP contribution in [0.3, 0.4) is 0 Å². The third-order valence-electron chi connectivity index (χ3n) is 13.6. The maximum absolute atomic E-state index is 15.1. The number of hydrogen-bond donors (Lipinski definition) is 3. The maximum atomic E-state index is 15.1. The zero-order valence-electron chi connectivity index (χ0n) is 39.8. The highest BCUT2D eigenvalue weighted by Gasteiger charge is 2.65. The minimum atomic E-state index is -5.14. The van der Waals surface area contributed by atoms with Crippen LogP contribution < -0.4 is 16.0 Å². The van der Waals surface area contributed by atoms with Gasteiger partial charge in [0.2, 0.25) is 41.0 Å². The van der Waals surface area contributed by atoms with Crippen molar-refractivity contribution in [3.8, 4) is 10.4 Å². The average molecular weight is 1010 g/mol. The van der Waals surface area contributed by atoms with Crippen LogP contribution in [0.4, 0.5) is 17.6 Å². The third-order valence-corrected chi connectivity index (χ3v) is 14.6. The molecule has 4 aliphatic rings. The van der Waals surface area contributed by atoms with Crippen molar-refractivity contribution < 1.29 is 55.9 Å². The number of hydrogen-bond acceptors (Lipinski definition) is 10. The molecule has 69 heavy (non-hydrogen) atoms. The number of nitrogens with zero attached hydrogens (tertiary/aromatic N) is 5. The Morgan fingerprint density at radius 1 is 1.03 bits per heavy atom. The smallest absolute Gasteiger partial charge is 0.357 e. The first-order valence-electron chi connectivity index (χ1n) is 23.6. The normalized spacial score (nSPS) is 27.5. The fourth-order valence-corrected chi connectivity index (χ4v) is 10.4. The van der Waals surface area contributed by atoms with Crippen molar-refractivity contribution in [3.05, 3.63) is 40.5 Å². The minimum absolute atomic E-state index is 0.0302. The van der Waals surface area contributed by atoms with E-state index in [9.17, 15) is 46.7 Å². The summed E-state index contributed by atoms with van der Waals surface area (Å²) >= 11 is 7.85. The summed E-state index contributed by atoms with van der Waals surface area (Å²) in [5.41, 5.74) is -0.220. The summed E-state index contributed by atoms with van der Waals surface area (Å²) in [4.78, 5) is 109. The number of likely N-dealkylation sites (tertiary alicyclic amines) is 1. The van der Waals surface area contributed by atoms with Crippen molar-refractivity contribution >= 4 is 64.3 Å². The van der Waals surface area contributed by atoms with Crippen molar-refractivity contribution in [1.82, 2.24) is 40.5 Å². The molecule has 8 atom stereocenters. The van der Waals surface area contributed by atoms with Crippen LogP contribution in [0.2, 0.25) is 5.02 Å². The van der Waals surface area contributed by atoms with Crippen LogP contribution >= 0.6 is 22.9 Å². The lowest BCUT2D eigenvalue weighted by atomic mass is 9.91. The standard InChI is InChI=1S/C47H63ClF4N8O8S/c1-26(2)19-33-43(65)59(6)35(21-29-20-30(48)14-15-32(29)37-23-53-25-69-37)40(62)54-27(3)42(64)57(4)17-9-7-11-34(39(61)55-33)58(5)44(66)38(28-12-13-28)56-41(63)36-22-31(49)24-60(36)45(67)46(47(50,51)52)16-8-10-18-68-46/h14-15,20,23,25-28,31,33-36,38H,7-13,16-19,21-22,24H2,1-6H3,(H,54,62)(H,55,61)(H,56,63)/t27-,31-,33+,34+,35+,36+,38+,46?/m1/s1. The molecule has 4 fully saturated rings. The largest absolute Gasteiger partial charge is 0.426 e. The van der Waals surface area contributed by atoms with Crippen molar-refractivity contribution in [2.75, 3.05) is 40.8 Å². The van der Waals surface area contributed by atoms with Crippen LogP contribution in [0.5, 0.6) is 0 Å². The van der Waals surface area contributed by atoms with E-state index in [-0.39, 0.29) is 44.8 Å². The lowest BCUT2D eigenvalue weighted by Gasteiger charge is -2.40. The van der Waals surface area contributed by atoms with Gasteiger partial charge in [-0.3, -0.25) is 38.5 Å². The number of nitrogens with one attached hydrogen (secondary N) is 3. The topological polar surface area (TPSA) is 191 Å². The lowest BCUT2D eigenvalue weighted by Crippen LogP contribution is -2.64. The number of ether oxygens (including phenoxy) is 1. The number of benzene rings is 1. The molecule has 16 nitrogen and oxygen atoms in total. The second-order valence-electron chi connectivity index (χ2n) is 19.2. The van der Waals surface area contributed by atoms with Gasteiger partial charge < -0.3 is 40.3 Å². The Morgan fingerprint density at radius 3 is 2.38 bits per heavy atom. The second kappa shape index (κ2) is 22.5. The van der Waals surface area contributed by atoms with Crippen LogP contribution in [0, 0.1) is 11.8 Å². The highest BCUT2D eigenvalue weighted by atomic mass is 35.5. The average Bonchev–Trinajstić information content (AvgIpc) is 3.84. The van der Waals surface area contributed by atoms with E-state index in [2.05, 4.69) is 20.9 Å². The van der Waals surface area contributed by atoms with Gasteiger partial charge in [-0.05, 0) is 99.8 Å². The van der Waals surface area contributed by atoms with E-state index in [0.29, 0.717) is 47.6 Å². The predicted molar refractivity (Wildman–Crippen MR) is 248 cm³/mol. The fraction of sp³-hybridized carbons (Fsp3) is 0.660. The quantitative estimate of drug-likeness (QED) is 0.269. The molecule has 1 saturated carbocycles. The van der Waals surface area contributed by atoms with Gasteiger partial charge in [0.05, 0.1) is 16.9 Å². The summed E-state index contributed by atoms with van der Waals surface area (Å²) in [6.45, 7) is 4.36. The van der Waals surface area contributed by atoms with E-state index in [1.165, 1.54) is 40.1 Å². The van der Waals surface area contributed by atoms with Gasteiger partial charge in [-0.25, -0.2) is 4.39 Å². The first-order valence-corrected chi connectivity index (χ1v) is 24.8. The van der Waals surface area contributed by atoms with Gasteiger partial charge in [-0.2, -0.15) is 13.2 Å². The highest BCUT2D eigenvalue weighted by Crippen LogP contribution is 2.43. The molecule has 1 aromatic heterocycles. The van der Waals surface area contributed by atoms with Gasteiger partial charge >= 0.3 is 6.18 Å². The summed E-state index contributed by atoms with van der Waals surface area (Å²) in [6, 6.07) is -2.41. The molecule has 3 saturated heterocycles. The number of likely N-dealkylation sites (N-methyl/N-ethyl adjacent to an activating group) is 3. The molecule has 380 valence electrons. The first kappa shape index (κ1) is 53.5. The van der Waals surface area contributed by atoms with E-state index in [0.717, 1.165) is 10.4 Å². The first-order chi connectivity index (χ1) is 32.5. The summed E-state index contributed by atoms with van der Waals surface area (Å²) in [6.07, 6.45) is -4.46. The maximum Gasteiger partial charge on any atom is 0.426 e. The molecule has 7 amide bonds. The number of amides is 7. The van der Waals surface area contributed by atoms with Crippen LogP contribution in [-0.4, -0.2) is 161 Å². The molecule has 3 N–H and O–H groups in total. The summed E-state index contributed by atoms with van der Waals surface area (Å²) in [7, 11) is 4.39. The number of alkyl halides is 4. The Balaban J connectivity index is 1.28. The number of aromatic nitrogens is 1. The predicted octanol–water partition coefficient (Wildman–Crippen LogP) is 4.67. The zero-order valence-corrected chi connectivity index (χ0v) is 41.4. The Kier molecular flexibility index (Phi) is 17.4. The summed E-state index contributed by atoms with van der Waals surface area (Å²) < 4.78 is 63.7. The van der Waals surface area contributed by atoms with E-state index in [1.807, 2.05) is 13.8 Å². The number of halogens is 5. The number of rotatable bonds is 11. The van der Waals surface area contributed by atoms with Crippen molar-refractivity contribution in [2.24, 2.45) is 11.8 Å². The molecule has 0 bridgehead atoms. The molecule has 2 aromatic rings. The number of carbonyl (C=O) groups excluding carboxylic acids is 7. The van der Waals surface area contributed by atoms with E-state index in [1.54, 1.807) is 43.9 Å². The Bertz CT molecular complexity index is 2210. The molecule has 4 heterocycles. The Labute approximate surface area is 408 Å². The second-order valence-corrected chi connectivity index (χ2v) is 20.6. The van der Waals surface area contributed by atoms with Crippen LogP contribution in [-0.2, 0) is 44.7 Å². The van der Waals surface area contributed by atoms with Gasteiger partial charge in [0.1, 0.15) is 42.4 Å². The third kappa shape index (κ3) is 12.4. The molecule has 0 spiro atoms.